The quantitative estimate of drug-likeness (QED) is 0.457. The van der Waals surface area contributed by atoms with Crippen LogP contribution in [0.3, 0.4) is 0 Å². The van der Waals surface area contributed by atoms with Crippen LogP contribution in [-0.4, -0.2) is 23.9 Å². The van der Waals surface area contributed by atoms with Crippen molar-refractivity contribution in [3.63, 3.8) is 0 Å². The minimum Gasteiger partial charge on any atom is -0.744 e. The maximum atomic E-state index is 12.1. The van der Waals surface area contributed by atoms with Crippen LogP contribution in [0.1, 0.15) is 23.6 Å². The fourth-order valence-corrected chi connectivity index (χ4v) is 4.70. The number of hydrogen-bond acceptors (Lipinski definition) is 5. The number of carbonyl (C=O) groups is 1. The van der Waals surface area contributed by atoms with E-state index in [1.165, 1.54) is 18.2 Å². The first-order valence-electron chi connectivity index (χ1n) is 8.39. The number of ketones is 1. The number of hydrogen-bond donors (Lipinski definition) is 1. The molecule has 0 saturated heterocycles. The molecule has 0 amide bonds. The minimum absolute atomic E-state index is 0. The van der Waals surface area contributed by atoms with Crippen LogP contribution in [-0.2, 0) is 14.9 Å². The van der Waals surface area contributed by atoms with Gasteiger partial charge in [-0.15, -0.1) is 0 Å². The molecule has 3 rings (SSSR count). The zero-order chi connectivity index (χ0) is 21.5. The molecule has 0 aliphatic heterocycles. The second kappa shape index (κ2) is 9.65. The predicted molar refractivity (Wildman–Crippen MR) is 117 cm³/mol. The molecule has 2 aromatic rings. The number of aromatic hydroxyl groups is 1. The van der Waals surface area contributed by atoms with Crippen molar-refractivity contribution in [2.75, 3.05) is 0 Å². The number of rotatable bonds is 3. The standard InChI is InChI=1S/C21H16Br2O5S.Na/c1-11-6-14(9-17(22)20(11)24)19(15-7-12(2)21(25)18(23)10-15)13-4-3-5-16(8-13)29(26,27)28;/h3-10,24H,1-2H3,(H,26,27,28);/q;+1/p-1/b19-15+;. The number of Topliss-reactive ketones (excluding diaryl/α,β-unsaturated/α-hetero) is 1. The molecule has 5 nitrogen and oxygen atoms in total. The van der Waals surface area contributed by atoms with E-state index in [4.69, 9.17) is 0 Å². The summed E-state index contributed by atoms with van der Waals surface area (Å²) in [5.74, 6) is -0.0525. The topological polar surface area (TPSA) is 94.5 Å². The number of benzene rings is 2. The smallest absolute Gasteiger partial charge is 0.744 e. The van der Waals surface area contributed by atoms with E-state index in [2.05, 4.69) is 31.9 Å². The fraction of sp³-hybridized carbons (Fsp3) is 0.0952. The molecular formula is C21H15Br2NaO5S. The Kier molecular flexibility index (Phi) is 8.12. The van der Waals surface area contributed by atoms with Gasteiger partial charge < -0.3 is 9.66 Å². The Bertz CT molecular complexity index is 1200. The van der Waals surface area contributed by atoms with Gasteiger partial charge in [0.1, 0.15) is 15.9 Å². The first kappa shape index (κ1) is 25.3. The van der Waals surface area contributed by atoms with Crippen molar-refractivity contribution in [1.29, 1.82) is 0 Å². The van der Waals surface area contributed by atoms with Crippen LogP contribution in [0.15, 0.2) is 73.5 Å². The molecule has 1 aliphatic rings. The molecule has 0 radical (unpaired) electrons. The molecule has 0 spiro atoms. The Morgan fingerprint density at radius 3 is 2.27 bits per heavy atom. The molecule has 9 heteroatoms. The van der Waals surface area contributed by atoms with E-state index in [0.29, 0.717) is 42.4 Å². The Morgan fingerprint density at radius 2 is 1.70 bits per heavy atom. The summed E-state index contributed by atoms with van der Waals surface area (Å²) in [4.78, 5) is 11.8. The monoisotopic (exact) mass is 560 g/mol. The average Bonchev–Trinajstić information content (AvgIpc) is 2.64. The molecule has 0 atom stereocenters. The second-order valence-electron chi connectivity index (χ2n) is 6.58. The third-order valence-electron chi connectivity index (χ3n) is 4.47. The molecule has 0 unspecified atom stereocenters. The molecule has 0 saturated carbocycles. The normalized spacial score (nSPS) is 15.8. The van der Waals surface area contributed by atoms with Gasteiger partial charge in [-0.25, -0.2) is 8.42 Å². The first-order chi connectivity index (χ1) is 13.5. The molecular weight excluding hydrogens is 547 g/mol. The van der Waals surface area contributed by atoms with Crippen molar-refractivity contribution < 1.29 is 52.4 Å². The first-order valence-corrected chi connectivity index (χ1v) is 11.4. The molecule has 1 N–H and O–H groups in total. The number of allylic oxidation sites excluding steroid dienone is 5. The largest absolute Gasteiger partial charge is 1.00 e. The second-order valence-corrected chi connectivity index (χ2v) is 9.67. The van der Waals surface area contributed by atoms with E-state index < -0.39 is 10.1 Å². The van der Waals surface area contributed by atoms with Crippen LogP contribution < -0.4 is 29.6 Å². The van der Waals surface area contributed by atoms with Crippen LogP contribution in [0.4, 0.5) is 0 Å². The van der Waals surface area contributed by atoms with Crippen LogP contribution in [0, 0.1) is 6.92 Å². The van der Waals surface area contributed by atoms with Gasteiger partial charge in [-0.1, -0.05) is 12.1 Å². The van der Waals surface area contributed by atoms with Crippen LogP contribution in [0.2, 0.25) is 0 Å². The molecule has 1 aliphatic carbocycles. The molecule has 0 heterocycles. The van der Waals surface area contributed by atoms with E-state index in [0.717, 1.165) is 0 Å². The van der Waals surface area contributed by atoms with E-state index in [9.17, 15) is 22.9 Å². The fourth-order valence-electron chi connectivity index (χ4n) is 3.06. The summed E-state index contributed by atoms with van der Waals surface area (Å²) < 4.78 is 35.4. The number of carbonyl (C=O) groups excluding carboxylic acids is 1. The van der Waals surface area contributed by atoms with Crippen molar-refractivity contribution in [1.82, 2.24) is 0 Å². The number of phenols is 1. The van der Waals surface area contributed by atoms with Gasteiger partial charge in [0.25, 0.3) is 0 Å². The summed E-state index contributed by atoms with van der Waals surface area (Å²) in [6.45, 7) is 3.42. The van der Waals surface area contributed by atoms with E-state index >= 15 is 0 Å². The van der Waals surface area contributed by atoms with Crippen LogP contribution in [0.5, 0.6) is 5.75 Å². The SMILES string of the molecule is CC1=C/C(=C(/c2cccc(S(=O)(=O)[O-])c2)c2cc(C)c(O)c(Br)c2)C=C(Br)C1=O.[Na+]. The maximum absolute atomic E-state index is 12.1. The molecule has 0 bridgehead atoms. The van der Waals surface area contributed by atoms with Crippen molar-refractivity contribution in [2.45, 2.75) is 18.7 Å². The third-order valence-corrected chi connectivity index (χ3v) is 6.50. The molecule has 0 fully saturated rings. The van der Waals surface area contributed by atoms with Crippen LogP contribution >= 0.6 is 31.9 Å². The number of halogens is 2. The Morgan fingerprint density at radius 1 is 1.03 bits per heavy atom. The predicted octanol–water partition coefficient (Wildman–Crippen LogP) is 1.98. The zero-order valence-electron chi connectivity index (χ0n) is 16.4. The van der Waals surface area contributed by atoms with Crippen molar-refractivity contribution in [3.05, 3.63) is 85.3 Å². The average molecular weight is 562 g/mol. The van der Waals surface area contributed by atoms with Crippen LogP contribution in [0.25, 0.3) is 5.57 Å². The van der Waals surface area contributed by atoms with Gasteiger partial charge in [-0.2, -0.15) is 0 Å². The minimum atomic E-state index is -4.64. The van der Waals surface area contributed by atoms with Gasteiger partial charge in [0.05, 0.1) is 13.9 Å². The van der Waals surface area contributed by atoms with Gasteiger partial charge in [0.15, 0.2) is 5.78 Å². The van der Waals surface area contributed by atoms with E-state index in [1.807, 2.05) is 0 Å². The van der Waals surface area contributed by atoms with E-state index in [1.54, 1.807) is 44.2 Å². The molecule has 2 aromatic carbocycles. The molecule has 0 aromatic heterocycles. The number of aryl methyl sites for hydroxylation is 1. The zero-order valence-corrected chi connectivity index (χ0v) is 22.4. The third kappa shape index (κ3) is 5.24. The summed E-state index contributed by atoms with van der Waals surface area (Å²) in [5.41, 5.74) is 3.56. The summed E-state index contributed by atoms with van der Waals surface area (Å²) in [6, 6.07) is 9.18. The van der Waals surface area contributed by atoms with E-state index in [-0.39, 0.29) is 46.0 Å². The van der Waals surface area contributed by atoms with Gasteiger partial charge in [0, 0.05) is 0 Å². The Balaban J connectivity index is 0.00000320. The maximum Gasteiger partial charge on any atom is 1.00 e. The Hall–Kier alpha value is -1.000. The van der Waals surface area contributed by atoms with Gasteiger partial charge >= 0.3 is 29.6 Å². The summed E-state index contributed by atoms with van der Waals surface area (Å²) >= 11 is 6.60. The number of phenolic OH excluding ortho intramolecular Hbond substituents is 1. The van der Waals surface area contributed by atoms with Crippen molar-refractivity contribution >= 4 is 53.3 Å². The van der Waals surface area contributed by atoms with Gasteiger partial charge in [-0.05, 0) is 116 Å². The summed E-state index contributed by atoms with van der Waals surface area (Å²) in [5, 5.41) is 10.1. The Labute approximate surface area is 213 Å². The summed E-state index contributed by atoms with van der Waals surface area (Å²) in [6.07, 6.45) is 3.36. The van der Waals surface area contributed by atoms with Crippen molar-refractivity contribution in [3.8, 4) is 5.75 Å². The molecule has 150 valence electrons. The van der Waals surface area contributed by atoms with Gasteiger partial charge in [0.2, 0.25) is 0 Å². The summed E-state index contributed by atoms with van der Waals surface area (Å²) in [7, 11) is -4.64. The van der Waals surface area contributed by atoms with Crippen molar-refractivity contribution in [2.24, 2.45) is 0 Å². The van der Waals surface area contributed by atoms with Gasteiger partial charge in [-0.3, -0.25) is 4.79 Å². The molecule has 30 heavy (non-hydrogen) atoms.